The predicted molar refractivity (Wildman–Crippen MR) is 477 cm³/mol. The summed E-state index contributed by atoms with van der Waals surface area (Å²) in [6.07, 6.45) is -30.0. The van der Waals surface area contributed by atoms with E-state index in [2.05, 4.69) is 67.4 Å². The molecule has 3 N–H and O–H groups in total. The number of aliphatic hydroxyl groups is 1. The van der Waals surface area contributed by atoms with E-state index < -0.39 is 266 Å². The minimum atomic E-state index is -1.73. The Morgan fingerprint density at radius 2 is 0.535 bits per heavy atom. The highest BCUT2D eigenvalue weighted by Gasteiger charge is 2.42. The maximum absolute atomic E-state index is 14.2. The van der Waals surface area contributed by atoms with Gasteiger partial charge in [-0.05, 0) is 166 Å². The third kappa shape index (κ3) is 46.2. The van der Waals surface area contributed by atoms with Crippen LogP contribution in [0.4, 0.5) is 11.6 Å². The number of aliphatic carboxylic acids is 1. The fraction of sp³-hybridized carbons (Fsp3) is 0.709. The lowest BCUT2D eigenvalue weighted by molar-refractivity contribution is -0.188. The molecule has 0 spiro atoms. The van der Waals surface area contributed by atoms with Crippen LogP contribution in [0.1, 0.15) is 187 Å². The average Bonchev–Trinajstić information content (AvgIpc) is 1.40. The van der Waals surface area contributed by atoms with Crippen molar-refractivity contribution in [1.29, 1.82) is 0 Å². The number of carbonyl (C=O) groups excluding carboxylic acids is 20. The van der Waals surface area contributed by atoms with Crippen molar-refractivity contribution in [1.82, 2.24) is 27.7 Å². The van der Waals surface area contributed by atoms with Crippen LogP contribution in [0.25, 0.3) is 0 Å². The Labute approximate surface area is 825 Å². The summed E-state index contributed by atoms with van der Waals surface area (Å²) >= 11 is 1.95. The van der Waals surface area contributed by atoms with Crippen LogP contribution in [-0.2, 0) is 200 Å². The molecular formula is C86H128N8O46S2. The Kier molecular flexibility index (Phi) is 53.2. The average molecular weight is 2070 g/mol. The van der Waals surface area contributed by atoms with Gasteiger partial charge in [0, 0.05) is 64.6 Å². The summed E-state index contributed by atoms with van der Waals surface area (Å²) in [5.74, 6) is -21.8. The van der Waals surface area contributed by atoms with Crippen molar-refractivity contribution in [2.24, 2.45) is 0 Å². The summed E-state index contributed by atoms with van der Waals surface area (Å²) in [6, 6.07) is 0. The lowest BCUT2D eigenvalue weighted by atomic mass is 10.0. The molecule has 56 heteroatoms. The monoisotopic (exact) mass is 2070 g/mol. The first-order chi connectivity index (χ1) is 65.8. The molecule has 2 saturated heterocycles. The lowest BCUT2D eigenvalue weighted by Gasteiger charge is -2.39. The van der Waals surface area contributed by atoms with Crippen molar-refractivity contribution in [2.45, 2.75) is 320 Å². The number of anilines is 2. The van der Waals surface area contributed by atoms with Crippen molar-refractivity contribution >= 4 is 160 Å². The minimum Gasteiger partial charge on any atom is -0.479 e. The molecule has 0 aromatic carbocycles. The Bertz CT molecular complexity index is 4620. The summed E-state index contributed by atoms with van der Waals surface area (Å²) in [7, 11) is 0. The second-order valence-corrected chi connectivity index (χ2v) is 34.4. The zero-order chi connectivity index (χ0) is 108. The molecule has 1 amide bonds. The van der Waals surface area contributed by atoms with E-state index in [-0.39, 0.29) is 18.0 Å². The molecule has 0 saturated carbocycles. The van der Waals surface area contributed by atoms with Crippen molar-refractivity contribution in [3.63, 3.8) is 0 Å². The number of aliphatic hydroxyl groups excluding tert-OH is 1. The molecule has 4 rings (SSSR count). The number of amides is 1. The van der Waals surface area contributed by atoms with Crippen molar-refractivity contribution < 1.29 is 220 Å². The fourth-order valence-electron chi connectivity index (χ4n) is 10.5. The number of nitrogens with zero attached hydrogens (tertiary/aromatic N) is 7. The SMILES string of the molecule is CC(=O)O[C@@H](C)C(=O)O[C@@H](C)C(=O)O[C@@H](C)C(=O)O[C@@H](C)C(=O)O[C@@H](C)C(=O)O[C@@H](C)C(=O)O.CC(=O)O[C@@H](C)C(=O)O[C@@H](C)C(=O)O[C@@H](C)C(=O)O[C@@H](C)C(=O)O[C@@H](C)C(=O)O[C@@H](C)C(=O)O[C@H](COc1nsnc1N1CCOCC1)CN(C(=O)[C@H](C)OC(=O)[C@H](C)OC(=O)[C@H](C)OC(=O)[C@H](C)OC(=O)[C@H](C)OC(=O)[C@H](C)OC(C)=O)C(C)(C)C.CC(C)(C)NC[C@H](O)COc1nsnc1N1CCOCC1. The van der Waals surface area contributed by atoms with Gasteiger partial charge in [0.15, 0.2) is 116 Å². The van der Waals surface area contributed by atoms with E-state index in [9.17, 15) is 106 Å². The van der Waals surface area contributed by atoms with Gasteiger partial charge in [-0.3, -0.25) is 19.2 Å². The first kappa shape index (κ1) is 125. The molecule has 0 radical (unpaired) electrons. The zero-order valence-corrected chi connectivity index (χ0v) is 85.5. The highest BCUT2D eigenvalue weighted by atomic mass is 32.1. The van der Waals surface area contributed by atoms with Gasteiger partial charge < -0.3 is 139 Å². The molecule has 2 fully saturated rings. The number of rotatable bonds is 49. The van der Waals surface area contributed by atoms with Crippen molar-refractivity contribution in [3.05, 3.63) is 0 Å². The van der Waals surface area contributed by atoms with E-state index in [1.54, 1.807) is 20.8 Å². The number of β-amino-alcohol motifs (C(OH)–C–C–N with tert-alkyl or cyclic N) is 1. The van der Waals surface area contributed by atoms with Gasteiger partial charge in [0.2, 0.25) is 11.6 Å². The number of carboxylic acids is 1. The Hall–Kier alpha value is -13.0. The van der Waals surface area contributed by atoms with Gasteiger partial charge in [0.25, 0.3) is 17.7 Å². The zero-order valence-electron chi connectivity index (χ0n) is 83.8. The summed E-state index contributed by atoms with van der Waals surface area (Å²) in [5.41, 5.74) is -1.16. The summed E-state index contributed by atoms with van der Waals surface area (Å²) in [6.45, 7) is 38.8. The largest absolute Gasteiger partial charge is 0.479 e. The quantitative estimate of drug-likeness (QED) is 0.0606. The molecule has 142 heavy (non-hydrogen) atoms. The van der Waals surface area contributed by atoms with E-state index in [1.165, 1.54) is 32.6 Å². The second kappa shape index (κ2) is 60.3. The van der Waals surface area contributed by atoms with Crippen molar-refractivity contribution in [2.75, 3.05) is 88.7 Å². The minimum absolute atomic E-state index is 0.0257. The van der Waals surface area contributed by atoms with Gasteiger partial charge in [0.1, 0.15) is 19.3 Å². The number of morpholine rings is 2. The number of ether oxygens (including phenoxy) is 23. The number of esters is 19. The molecule has 54 nitrogen and oxygen atoms in total. The van der Waals surface area contributed by atoms with Gasteiger partial charge in [-0.2, -0.15) is 8.75 Å². The number of nitrogens with one attached hydrogen (secondary N) is 1. The van der Waals surface area contributed by atoms with Crippen LogP contribution < -0.4 is 24.6 Å². The van der Waals surface area contributed by atoms with E-state index in [1.807, 2.05) is 4.90 Å². The first-order valence-electron chi connectivity index (χ1n) is 44.2. The van der Waals surface area contributed by atoms with Crippen LogP contribution >= 0.6 is 23.5 Å². The third-order valence-electron chi connectivity index (χ3n) is 18.4. The normalized spacial score (nSPS) is 16.6. The third-order valence-corrected chi connectivity index (χ3v) is 19.4. The maximum Gasteiger partial charge on any atom is 0.347 e. The molecule has 2 aromatic rings. The maximum atomic E-state index is 14.2. The highest BCUT2D eigenvalue weighted by molar-refractivity contribution is 6.99. The molecule has 0 aliphatic carbocycles. The predicted octanol–water partition coefficient (Wildman–Crippen LogP) is 0.696. The Morgan fingerprint density at radius 1 is 0.324 bits per heavy atom. The molecule has 2 aromatic heterocycles. The number of aromatic nitrogens is 4. The van der Waals surface area contributed by atoms with Gasteiger partial charge >= 0.3 is 119 Å². The highest BCUT2D eigenvalue weighted by Crippen LogP contribution is 2.30. The fourth-order valence-corrected chi connectivity index (χ4v) is 11.5. The molecule has 2 aliphatic heterocycles. The number of carboxylic acid groups (broad SMARTS) is 1. The second-order valence-electron chi connectivity index (χ2n) is 33.4. The van der Waals surface area contributed by atoms with Gasteiger partial charge in [-0.1, -0.05) is 0 Å². The van der Waals surface area contributed by atoms with Crippen LogP contribution in [0.3, 0.4) is 0 Å². The summed E-state index contributed by atoms with van der Waals surface area (Å²) < 4.78 is 134. The van der Waals surface area contributed by atoms with Crippen LogP contribution in [0.2, 0.25) is 0 Å². The topological polar surface area (TPSA) is 685 Å². The smallest absolute Gasteiger partial charge is 0.347 e. The first-order valence-corrected chi connectivity index (χ1v) is 45.7. The van der Waals surface area contributed by atoms with Gasteiger partial charge in [-0.25, -0.2) is 81.5 Å². The standard InChI is InChI=1S/C53H76N4O29S.C20H28O14.C13H24N4O3S/c1-24(76-44(63)27(4)79-47(66)30(7)82-48(67)31(8)80-45(64)28(5)77-42(61)25(2)74-36(13)58)41(60)57(53(15,16)17)22-38(23-73-40-39(54-87-55-40)56-18-20-72-21-19-56)86-52(71)35(12)85-51(70)34(11)84-50(69)33(10)83-49(68)32(9)81-46(65)29(6)78-43(62)26(3)75-37(14)59;1-8(15(22)23)30-17(25)10(3)32-19(27)12(5)34-20(28)13(6)33-18(26)11(4)31-16(24)9(2)29-14(7)21;1-13(2,3)14-8-10(18)9-20-12-11(15-21-16-12)17-4-6-19-7-5-17/h24-35,38H,18-23H2,1-17H3;8-13H,1-7H3,(H,22,23);10,14,18H,4-9H2,1-3H3/t24-,25-,26-,27-,28-,29-,30-,31-,32-,33-,34-,35-,38-;8-,9-,10-,11-,12-,13-;10-/m000/s1. The van der Waals surface area contributed by atoms with E-state index in [4.69, 9.17) is 95.1 Å². The molecule has 4 heterocycles. The van der Waals surface area contributed by atoms with Crippen LogP contribution in [0, 0.1) is 0 Å². The molecule has 0 unspecified atom stereocenters. The molecule has 20 atom stereocenters. The van der Waals surface area contributed by atoms with Crippen molar-refractivity contribution in [3.8, 4) is 11.8 Å². The number of hydrogen-bond acceptors (Lipinski definition) is 54. The number of carbonyl (C=O) groups is 21. The lowest BCUT2D eigenvalue weighted by Crippen LogP contribution is -2.54. The van der Waals surface area contributed by atoms with E-state index in [0.29, 0.717) is 57.8 Å². The molecule has 0 bridgehead atoms. The molecule has 800 valence electrons. The Morgan fingerprint density at radius 3 is 0.754 bits per heavy atom. The van der Waals surface area contributed by atoms with Gasteiger partial charge in [-0.15, -0.1) is 8.75 Å². The van der Waals surface area contributed by atoms with Gasteiger partial charge in [0.05, 0.1) is 56.4 Å². The van der Waals surface area contributed by atoms with Crippen LogP contribution in [-0.4, -0.2) is 370 Å². The summed E-state index contributed by atoms with van der Waals surface area (Å²) in [4.78, 5) is 263. The Balaban J connectivity index is 0.000000995. The number of hydrogen-bond donors (Lipinski definition) is 3. The van der Waals surface area contributed by atoms with E-state index in [0.717, 1.165) is 160 Å². The van der Waals surface area contributed by atoms with Crippen LogP contribution in [0.15, 0.2) is 0 Å². The molecular weight excluding hydrogens is 1950 g/mol. The summed E-state index contributed by atoms with van der Waals surface area (Å²) in [5, 5.41) is 21.9. The van der Waals surface area contributed by atoms with Crippen LogP contribution in [0.5, 0.6) is 11.8 Å². The molecule has 2 aliphatic rings. The van der Waals surface area contributed by atoms with E-state index >= 15 is 0 Å².